The average Bonchev–Trinajstić information content (AvgIpc) is 2.65. The maximum atomic E-state index is 12.8. The van der Waals surface area contributed by atoms with E-state index in [-0.39, 0.29) is 12.1 Å². The first-order valence-electron chi connectivity index (χ1n) is 9.73. The third-order valence-corrected chi connectivity index (χ3v) is 4.20. The minimum Gasteiger partial charge on any atom is -0.493 e. The predicted molar refractivity (Wildman–Crippen MR) is 106 cm³/mol. The van der Waals surface area contributed by atoms with E-state index in [1.54, 1.807) is 33.1 Å². The van der Waals surface area contributed by atoms with Crippen LogP contribution in [0.15, 0.2) is 29.5 Å². The molecule has 0 spiro atoms. The molecule has 2 rings (SSSR count). The number of allylic oxidation sites excluding steroid dienone is 1. The number of urea groups is 1. The van der Waals surface area contributed by atoms with Gasteiger partial charge in [-0.15, -0.1) is 0 Å². The normalized spacial score (nSPS) is 16.5. The van der Waals surface area contributed by atoms with E-state index in [9.17, 15) is 9.59 Å². The van der Waals surface area contributed by atoms with Gasteiger partial charge in [0.1, 0.15) is 0 Å². The molecule has 1 heterocycles. The summed E-state index contributed by atoms with van der Waals surface area (Å²) in [6.07, 6.45) is 1.94. The monoisotopic (exact) mass is 390 g/mol. The Labute approximate surface area is 166 Å². The van der Waals surface area contributed by atoms with Crippen molar-refractivity contribution in [3.05, 3.63) is 35.0 Å². The number of hydrogen-bond donors (Lipinski definition) is 2. The molecule has 0 fully saturated rings. The zero-order valence-electron chi connectivity index (χ0n) is 17.3. The second kappa shape index (κ2) is 10.0. The average molecular weight is 390 g/mol. The Morgan fingerprint density at radius 1 is 1.18 bits per heavy atom. The Bertz CT molecular complexity index is 742. The molecule has 1 aliphatic heterocycles. The number of esters is 1. The summed E-state index contributed by atoms with van der Waals surface area (Å²) < 4.78 is 16.6. The van der Waals surface area contributed by atoms with Crippen LogP contribution in [0, 0.1) is 0 Å². The Balaban J connectivity index is 2.51. The van der Waals surface area contributed by atoms with Crippen molar-refractivity contribution >= 4 is 12.0 Å². The molecule has 7 nitrogen and oxygen atoms in total. The predicted octanol–water partition coefficient (Wildman–Crippen LogP) is 3.84. The van der Waals surface area contributed by atoms with Crippen molar-refractivity contribution in [2.24, 2.45) is 0 Å². The highest BCUT2D eigenvalue weighted by molar-refractivity contribution is 5.95. The number of carbonyl (C=O) groups excluding carboxylic acids is 2. The molecule has 7 heteroatoms. The third kappa shape index (κ3) is 5.18. The van der Waals surface area contributed by atoms with Crippen LogP contribution in [-0.2, 0) is 9.53 Å². The minimum atomic E-state index is -0.628. The van der Waals surface area contributed by atoms with Gasteiger partial charge in [0.2, 0.25) is 0 Å². The topological polar surface area (TPSA) is 85.9 Å². The van der Waals surface area contributed by atoms with Crippen molar-refractivity contribution in [2.45, 2.75) is 59.1 Å². The molecule has 2 N–H and O–H groups in total. The van der Waals surface area contributed by atoms with Crippen LogP contribution in [0.4, 0.5) is 4.79 Å². The van der Waals surface area contributed by atoms with Gasteiger partial charge in [0.25, 0.3) is 0 Å². The van der Waals surface area contributed by atoms with Crippen LogP contribution in [-0.4, -0.2) is 31.8 Å². The molecule has 2 amide bonds. The molecule has 1 unspecified atom stereocenters. The minimum absolute atomic E-state index is 0.263. The van der Waals surface area contributed by atoms with Gasteiger partial charge in [0.15, 0.2) is 11.5 Å². The van der Waals surface area contributed by atoms with E-state index in [4.69, 9.17) is 14.2 Å². The van der Waals surface area contributed by atoms with Crippen LogP contribution in [0.5, 0.6) is 11.5 Å². The molecule has 0 saturated heterocycles. The maximum Gasteiger partial charge on any atom is 0.338 e. The van der Waals surface area contributed by atoms with Crippen LogP contribution in [0.3, 0.4) is 0 Å². The summed E-state index contributed by atoms with van der Waals surface area (Å²) in [5.74, 6) is 0.729. The van der Waals surface area contributed by atoms with Gasteiger partial charge in [-0.2, -0.15) is 0 Å². The molecule has 0 aliphatic carbocycles. The van der Waals surface area contributed by atoms with Crippen LogP contribution in [0.1, 0.15) is 58.6 Å². The van der Waals surface area contributed by atoms with E-state index in [0.717, 1.165) is 18.4 Å². The lowest BCUT2D eigenvalue weighted by atomic mass is 9.93. The summed E-state index contributed by atoms with van der Waals surface area (Å²) in [5.41, 5.74) is 1.74. The van der Waals surface area contributed by atoms with Crippen molar-refractivity contribution < 1.29 is 23.8 Å². The number of benzene rings is 1. The van der Waals surface area contributed by atoms with Gasteiger partial charge in [0.05, 0.1) is 31.4 Å². The van der Waals surface area contributed by atoms with Crippen molar-refractivity contribution in [1.29, 1.82) is 0 Å². The maximum absolute atomic E-state index is 12.8. The van der Waals surface area contributed by atoms with E-state index in [1.807, 2.05) is 19.9 Å². The van der Waals surface area contributed by atoms with Crippen LogP contribution in [0.2, 0.25) is 0 Å². The number of carbonyl (C=O) groups is 2. The molecule has 1 aliphatic rings. The lowest BCUT2D eigenvalue weighted by Crippen LogP contribution is -2.46. The molecule has 0 bridgehead atoms. The summed E-state index contributed by atoms with van der Waals surface area (Å²) >= 11 is 0. The number of rotatable bonds is 9. The van der Waals surface area contributed by atoms with Gasteiger partial charge >= 0.3 is 12.0 Å². The largest absolute Gasteiger partial charge is 0.493 e. The second-order valence-corrected chi connectivity index (χ2v) is 6.89. The number of ether oxygens (including phenoxy) is 3. The molecule has 1 atom stereocenters. The smallest absolute Gasteiger partial charge is 0.338 e. The second-order valence-electron chi connectivity index (χ2n) is 6.89. The number of methoxy groups -OCH3 is 1. The van der Waals surface area contributed by atoms with E-state index in [2.05, 4.69) is 10.6 Å². The highest BCUT2D eigenvalue weighted by atomic mass is 16.5. The molecular formula is C21H30N2O5. The lowest BCUT2D eigenvalue weighted by molar-refractivity contribution is -0.143. The lowest BCUT2D eigenvalue weighted by Gasteiger charge is -2.30. The van der Waals surface area contributed by atoms with Gasteiger partial charge < -0.3 is 24.8 Å². The van der Waals surface area contributed by atoms with E-state index >= 15 is 0 Å². The zero-order chi connectivity index (χ0) is 20.7. The van der Waals surface area contributed by atoms with Crippen LogP contribution >= 0.6 is 0 Å². The first kappa shape index (κ1) is 21.6. The summed E-state index contributed by atoms with van der Waals surface area (Å²) in [6, 6.07) is 4.43. The molecular weight excluding hydrogens is 360 g/mol. The fourth-order valence-electron chi connectivity index (χ4n) is 3.03. The van der Waals surface area contributed by atoms with Crippen LogP contribution in [0.25, 0.3) is 0 Å². The molecule has 1 aromatic carbocycles. The van der Waals surface area contributed by atoms with Gasteiger partial charge in [-0.05, 0) is 44.4 Å². The molecule has 154 valence electrons. The Hall–Kier alpha value is -2.70. The summed E-state index contributed by atoms with van der Waals surface area (Å²) in [6.45, 7) is 8.14. The Morgan fingerprint density at radius 2 is 1.93 bits per heavy atom. The SMILES string of the molecule is CCCOc1cc(C2NC(=O)NC(CCC)=C2C(=O)OC(C)C)ccc1OC. The highest BCUT2D eigenvalue weighted by Gasteiger charge is 2.34. The fraction of sp³-hybridized carbons (Fsp3) is 0.524. The Morgan fingerprint density at radius 3 is 2.54 bits per heavy atom. The quantitative estimate of drug-likeness (QED) is 0.626. The molecule has 0 radical (unpaired) electrons. The summed E-state index contributed by atoms with van der Waals surface area (Å²) in [5, 5.41) is 5.61. The Kier molecular flexibility index (Phi) is 7.72. The van der Waals surface area contributed by atoms with Gasteiger partial charge in [0, 0.05) is 5.70 Å². The molecule has 1 aromatic rings. The van der Waals surface area contributed by atoms with Gasteiger partial charge in [-0.25, -0.2) is 9.59 Å². The van der Waals surface area contributed by atoms with E-state index < -0.39 is 12.0 Å². The third-order valence-electron chi connectivity index (χ3n) is 4.20. The number of nitrogens with one attached hydrogen (secondary N) is 2. The first-order valence-corrected chi connectivity index (χ1v) is 9.73. The molecule has 0 aromatic heterocycles. The van der Waals surface area contributed by atoms with Crippen LogP contribution < -0.4 is 20.1 Å². The van der Waals surface area contributed by atoms with Crippen molar-refractivity contribution in [1.82, 2.24) is 10.6 Å². The van der Waals surface area contributed by atoms with Crippen molar-refractivity contribution in [3.63, 3.8) is 0 Å². The van der Waals surface area contributed by atoms with E-state index in [0.29, 0.717) is 35.8 Å². The highest BCUT2D eigenvalue weighted by Crippen LogP contribution is 2.35. The first-order chi connectivity index (χ1) is 13.4. The molecule has 0 saturated carbocycles. The summed E-state index contributed by atoms with van der Waals surface area (Å²) in [7, 11) is 1.57. The van der Waals surface area contributed by atoms with Gasteiger partial charge in [-0.1, -0.05) is 26.3 Å². The zero-order valence-corrected chi connectivity index (χ0v) is 17.3. The summed E-state index contributed by atoms with van der Waals surface area (Å²) in [4.78, 5) is 25.1. The molecule has 28 heavy (non-hydrogen) atoms. The van der Waals surface area contributed by atoms with E-state index in [1.165, 1.54) is 0 Å². The van der Waals surface area contributed by atoms with Crippen molar-refractivity contribution in [2.75, 3.05) is 13.7 Å². The number of amides is 2. The van der Waals surface area contributed by atoms with Crippen molar-refractivity contribution in [3.8, 4) is 11.5 Å². The fourth-order valence-corrected chi connectivity index (χ4v) is 3.03. The number of hydrogen-bond acceptors (Lipinski definition) is 5. The van der Waals surface area contributed by atoms with Gasteiger partial charge in [-0.3, -0.25) is 0 Å². The standard InChI is InChI=1S/C21H30N2O5/c1-6-8-15-18(20(24)28-13(3)4)19(23-21(25)22-15)14-9-10-16(26-5)17(12-14)27-11-7-2/h9-10,12-13,19H,6-8,11H2,1-5H3,(H2,22,23,25).